The summed E-state index contributed by atoms with van der Waals surface area (Å²) in [5.74, 6) is 0.568. The molecule has 0 atom stereocenters. The highest BCUT2D eigenvalue weighted by atomic mass is 35.5. The molecule has 0 spiro atoms. The molecule has 0 heterocycles. The molecule has 29 heavy (non-hydrogen) atoms. The van der Waals surface area contributed by atoms with Crippen molar-refractivity contribution in [2.45, 2.75) is 6.54 Å². The molecule has 0 saturated heterocycles. The van der Waals surface area contributed by atoms with E-state index in [0.717, 1.165) is 16.1 Å². The van der Waals surface area contributed by atoms with Gasteiger partial charge in [0.25, 0.3) is 0 Å². The molecule has 0 bridgehead atoms. The van der Waals surface area contributed by atoms with Crippen molar-refractivity contribution in [3.8, 4) is 17.2 Å². The number of nitrogens with one attached hydrogen (secondary N) is 1. The molecule has 0 aliphatic rings. The second-order valence-electron chi connectivity index (χ2n) is 6.02. The van der Waals surface area contributed by atoms with Gasteiger partial charge in [0.1, 0.15) is 23.8 Å². The standard InChI is InChI=1S/C19H23ClN2O6S/c1-26-16-8-6-5-7-13(16)11-21-19(23)12-22(29(4,24)25)15-10-17(27-2)14(20)9-18(15)28-3/h5-10H,11-12H2,1-4H3,(H,21,23). The Balaban J connectivity index is 2.27. The fraction of sp³-hybridized carbons (Fsp3) is 0.316. The van der Waals surface area contributed by atoms with Crippen LogP contribution in [0.3, 0.4) is 0 Å². The maximum absolute atomic E-state index is 12.5. The number of para-hydroxylation sites is 1. The Morgan fingerprint density at radius 1 is 1.03 bits per heavy atom. The minimum Gasteiger partial charge on any atom is -0.496 e. The Labute approximate surface area is 175 Å². The number of benzene rings is 2. The number of halogens is 1. The molecule has 8 nitrogen and oxygen atoms in total. The fourth-order valence-electron chi connectivity index (χ4n) is 2.65. The zero-order valence-corrected chi connectivity index (χ0v) is 18.1. The van der Waals surface area contributed by atoms with E-state index < -0.39 is 22.5 Å². The van der Waals surface area contributed by atoms with Crippen LogP contribution in [0.15, 0.2) is 36.4 Å². The first-order chi connectivity index (χ1) is 13.7. The molecule has 0 radical (unpaired) electrons. The molecule has 10 heteroatoms. The lowest BCUT2D eigenvalue weighted by molar-refractivity contribution is -0.119. The van der Waals surface area contributed by atoms with Crippen LogP contribution in [-0.4, -0.2) is 48.5 Å². The number of hydrogen-bond acceptors (Lipinski definition) is 6. The van der Waals surface area contributed by atoms with Crippen LogP contribution in [0.1, 0.15) is 5.56 Å². The number of rotatable bonds is 9. The first-order valence-corrected chi connectivity index (χ1v) is 10.7. The van der Waals surface area contributed by atoms with Crippen molar-refractivity contribution in [2.24, 2.45) is 0 Å². The van der Waals surface area contributed by atoms with Gasteiger partial charge in [-0.2, -0.15) is 0 Å². The van der Waals surface area contributed by atoms with Gasteiger partial charge in [-0.15, -0.1) is 0 Å². The van der Waals surface area contributed by atoms with E-state index in [-0.39, 0.29) is 28.8 Å². The summed E-state index contributed by atoms with van der Waals surface area (Å²) in [7, 11) is 0.508. The Kier molecular flexibility index (Phi) is 7.58. The van der Waals surface area contributed by atoms with Crippen LogP contribution in [0.25, 0.3) is 0 Å². The Morgan fingerprint density at radius 2 is 1.66 bits per heavy atom. The van der Waals surface area contributed by atoms with Crippen LogP contribution in [0.2, 0.25) is 5.02 Å². The third-order valence-corrected chi connectivity index (χ3v) is 5.50. The van der Waals surface area contributed by atoms with Gasteiger partial charge in [-0.1, -0.05) is 29.8 Å². The Morgan fingerprint density at radius 3 is 2.24 bits per heavy atom. The lowest BCUT2D eigenvalue weighted by Gasteiger charge is -2.24. The van der Waals surface area contributed by atoms with Crippen molar-refractivity contribution in [3.05, 3.63) is 47.0 Å². The molecule has 0 aliphatic heterocycles. The molecule has 0 aromatic heterocycles. The molecule has 0 saturated carbocycles. The zero-order valence-electron chi connectivity index (χ0n) is 16.6. The highest BCUT2D eigenvalue weighted by Gasteiger charge is 2.25. The molecule has 1 amide bonds. The average Bonchev–Trinajstić information content (AvgIpc) is 2.69. The third-order valence-electron chi connectivity index (χ3n) is 4.08. The van der Waals surface area contributed by atoms with Crippen molar-refractivity contribution in [2.75, 3.05) is 38.4 Å². The van der Waals surface area contributed by atoms with E-state index in [1.54, 1.807) is 12.1 Å². The summed E-state index contributed by atoms with van der Waals surface area (Å²) in [6, 6.07) is 10.1. The second kappa shape index (κ2) is 9.71. The predicted molar refractivity (Wildman–Crippen MR) is 112 cm³/mol. The molecule has 2 aromatic carbocycles. The number of hydrogen-bond donors (Lipinski definition) is 1. The number of methoxy groups -OCH3 is 3. The summed E-state index contributed by atoms with van der Waals surface area (Å²) in [4.78, 5) is 12.5. The number of amides is 1. The summed E-state index contributed by atoms with van der Waals surface area (Å²) >= 11 is 6.09. The number of sulfonamides is 1. The van der Waals surface area contributed by atoms with Crippen LogP contribution >= 0.6 is 11.6 Å². The summed E-state index contributed by atoms with van der Waals surface area (Å²) in [6.45, 7) is -0.267. The van der Waals surface area contributed by atoms with Crippen LogP contribution in [0.5, 0.6) is 17.2 Å². The second-order valence-corrected chi connectivity index (χ2v) is 8.33. The fourth-order valence-corrected chi connectivity index (χ4v) is 3.73. The Bertz CT molecular complexity index is 981. The van der Waals surface area contributed by atoms with Gasteiger partial charge in [0.15, 0.2) is 0 Å². The van der Waals surface area contributed by atoms with Crippen molar-refractivity contribution in [3.63, 3.8) is 0 Å². The van der Waals surface area contributed by atoms with Crippen molar-refractivity contribution in [1.82, 2.24) is 5.32 Å². The van der Waals surface area contributed by atoms with E-state index in [0.29, 0.717) is 5.75 Å². The summed E-state index contributed by atoms with van der Waals surface area (Å²) in [6.07, 6.45) is 1.00. The molecule has 1 N–H and O–H groups in total. The van der Waals surface area contributed by atoms with E-state index >= 15 is 0 Å². The number of carbonyl (C=O) groups is 1. The van der Waals surface area contributed by atoms with E-state index in [2.05, 4.69) is 5.32 Å². The van der Waals surface area contributed by atoms with Gasteiger partial charge in [-0.25, -0.2) is 8.42 Å². The van der Waals surface area contributed by atoms with Crippen LogP contribution in [-0.2, 0) is 21.4 Å². The van der Waals surface area contributed by atoms with Gasteiger partial charge in [0.2, 0.25) is 15.9 Å². The van der Waals surface area contributed by atoms with Gasteiger partial charge in [-0.3, -0.25) is 9.10 Å². The van der Waals surface area contributed by atoms with Gasteiger partial charge in [0.05, 0.1) is 38.3 Å². The van der Waals surface area contributed by atoms with E-state index in [9.17, 15) is 13.2 Å². The molecule has 0 unspecified atom stereocenters. The molecule has 0 aliphatic carbocycles. The van der Waals surface area contributed by atoms with Crippen molar-refractivity contribution < 1.29 is 27.4 Å². The first kappa shape index (κ1) is 22.6. The smallest absolute Gasteiger partial charge is 0.241 e. The topological polar surface area (TPSA) is 94.2 Å². The zero-order chi connectivity index (χ0) is 21.6. The SMILES string of the molecule is COc1cc(N(CC(=O)NCc2ccccc2OC)S(C)(=O)=O)c(OC)cc1Cl. The minimum absolute atomic E-state index is 0.142. The monoisotopic (exact) mass is 442 g/mol. The number of nitrogens with zero attached hydrogens (tertiary/aromatic N) is 1. The predicted octanol–water partition coefficient (Wildman–Crippen LogP) is 2.45. The van der Waals surface area contributed by atoms with E-state index in [4.69, 9.17) is 25.8 Å². The van der Waals surface area contributed by atoms with Gasteiger partial charge < -0.3 is 19.5 Å². The average molecular weight is 443 g/mol. The molecular weight excluding hydrogens is 420 g/mol. The molecule has 158 valence electrons. The summed E-state index contributed by atoms with van der Waals surface area (Å²) < 4.78 is 41.4. The minimum atomic E-state index is -3.81. The highest BCUT2D eigenvalue weighted by Crippen LogP contribution is 2.38. The van der Waals surface area contributed by atoms with Gasteiger partial charge >= 0.3 is 0 Å². The summed E-state index contributed by atoms with van der Waals surface area (Å²) in [5, 5.41) is 2.95. The quantitative estimate of drug-likeness (QED) is 0.641. The van der Waals surface area contributed by atoms with Crippen LogP contribution in [0.4, 0.5) is 5.69 Å². The van der Waals surface area contributed by atoms with Gasteiger partial charge in [0, 0.05) is 24.2 Å². The van der Waals surface area contributed by atoms with Gasteiger partial charge in [-0.05, 0) is 6.07 Å². The van der Waals surface area contributed by atoms with E-state index in [1.807, 2.05) is 12.1 Å². The lowest BCUT2D eigenvalue weighted by atomic mass is 10.2. The molecule has 2 rings (SSSR count). The maximum atomic E-state index is 12.5. The first-order valence-electron chi connectivity index (χ1n) is 8.49. The largest absolute Gasteiger partial charge is 0.496 e. The lowest BCUT2D eigenvalue weighted by Crippen LogP contribution is -2.40. The van der Waals surface area contributed by atoms with Crippen molar-refractivity contribution in [1.29, 1.82) is 0 Å². The third kappa shape index (κ3) is 5.68. The number of anilines is 1. The number of carbonyl (C=O) groups excluding carboxylic acids is 1. The number of ether oxygens (including phenoxy) is 3. The highest BCUT2D eigenvalue weighted by molar-refractivity contribution is 7.92. The molecule has 0 fully saturated rings. The molecular formula is C19H23ClN2O6S. The summed E-state index contributed by atoms with van der Waals surface area (Å²) in [5.41, 5.74) is 0.906. The molecule has 2 aromatic rings. The van der Waals surface area contributed by atoms with Crippen LogP contribution < -0.4 is 23.8 Å². The normalized spacial score (nSPS) is 10.9. The Hall–Kier alpha value is -2.65. The maximum Gasteiger partial charge on any atom is 0.241 e. The van der Waals surface area contributed by atoms with E-state index in [1.165, 1.54) is 33.5 Å². The van der Waals surface area contributed by atoms with Crippen molar-refractivity contribution >= 4 is 33.2 Å². The van der Waals surface area contributed by atoms with Crippen LogP contribution in [0, 0.1) is 0 Å².